The van der Waals surface area contributed by atoms with Gasteiger partial charge in [0.05, 0.1) is 17.0 Å². The van der Waals surface area contributed by atoms with E-state index in [1.807, 2.05) is 4.52 Å². The molecule has 3 aromatic heterocycles. The Morgan fingerprint density at radius 3 is 2.19 bits per heavy atom. The second-order valence-corrected chi connectivity index (χ2v) is 8.77. The number of aromatic nitrogens is 4. The zero-order valence-corrected chi connectivity index (χ0v) is 19.1. The quantitative estimate of drug-likeness (QED) is 0.354. The van der Waals surface area contributed by atoms with Gasteiger partial charge in [-0.25, -0.2) is 4.98 Å². The van der Waals surface area contributed by atoms with Gasteiger partial charge in [-0.1, -0.05) is 42.0 Å². The number of nitrogens with zero attached hydrogens (tertiary/aromatic N) is 4. The van der Waals surface area contributed by atoms with E-state index in [0.29, 0.717) is 0 Å². The van der Waals surface area contributed by atoms with Gasteiger partial charge in [-0.15, -0.1) is 0 Å². The molecule has 3 heterocycles. The smallest absolute Gasteiger partial charge is 0.165 e. The number of aryl methyl sites for hydroxylation is 6. The van der Waals surface area contributed by atoms with Gasteiger partial charge in [0, 0.05) is 18.1 Å². The summed E-state index contributed by atoms with van der Waals surface area (Å²) in [5, 5.41) is 6.14. The van der Waals surface area contributed by atoms with Crippen LogP contribution in [0, 0.1) is 41.5 Å². The highest BCUT2D eigenvalue weighted by molar-refractivity contribution is 5.89. The molecule has 2 aromatic carbocycles. The van der Waals surface area contributed by atoms with Crippen molar-refractivity contribution in [3.05, 3.63) is 87.9 Å². The van der Waals surface area contributed by atoms with E-state index in [1.165, 1.54) is 33.4 Å². The number of hydrogen-bond acceptors (Lipinski definition) is 2. The van der Waals surface area contributed by atoms with Gasteiger partial charge in [-0.3, -0.25) is 0 Å². The van der Waals surface area contributed by atoms with Crippen LogP contribution in [0.25, 0.3) is 27.8 Å². The Bertz CT molecular complexity index is 1440. The average molecular weight is 409 g/mol. The first-order chi connectivity index (χ1) is 14.8. The lowest BCUT2D eigenvalue weighted by Crippen LogP contribution is -2.05. The van der Waals surface area contributed by atoms with E-state index >= 15 is 0 Å². The molecule has 0 aliphatic heterocycles. The third-order valence-electron chi connectivity index (χ3n) is 6.36. The molecular weight excluding hydrogens is 380 g/mol. The fourth-order valence-electron chi connectivity index (χ4n) is 4.93. The van der Waals surface area contributed by atoms with E-state index in [0.717, 1.165) is 40.2 Å². The Kier molecular flexibility index (Phi) is 4.47. The lowest BCUT2D eigenvalue weighted by atomic mass is 9.94. The molecule has 0 bridgehead atoms. The molecule has 156 valence electrons. The topological polar surface area (TPSA) is 35.1 Å². The maximum absolute atomic E-state index is 5.03. The standard InChI is InChI=1S/C27H28N4/c1-16-13-18(3)24(19(4)14-16)25-21(6)29-31-26(25)28-20(5)23-11-12-30(27(23)31)15-22-10-8-7-9-17(22)2/h7-14H,15H2,1-6H3. The summed E-state index contributed by atoms with van der Waals surface area (Å²) in [5.41, 5.74) is 12.9. The van der Waals surface area contributed by atoms with Crippen LogP contribution in [0.5, 0.6) is 0 Å². The molecule has 5 aromatic rings. The van der Waals surface area contributed by atoms with Crippen LogP contribution in [-0.4, -0.2) is 19.2 Å². The molecule has 0 saturated heterocycles. The Labute approximate surface area is 183 Å². The average Bonchev–Trinajstić information content (AvgIpc) is 3.25. The highest BCUT2D eigenvalue weighted by atomic mass is 15.3. The Morgan fingerprint density at radius 2 is 1.48 bits per heavy atom. The largest absolute Gasteiger partial charge is 0.328 e. The molecule has 0 aliphatic carbocycles. The van der Waals surface area contributed by atoms with E-state index in [-0.39, 0.29) is 0 Å². The number of hydrogen-bond donors (Lipinski definition) is 0. The van der Waals surface area contributed by atoms with E-state index in [9.17, 15) is 0 Å². The van der Waals surface area contributed by atoms with Crippen molar-refractivity contribution in [1.29, 1.82) is 0 Å². The van der Waals surface area contributed by atoms with Gasteiger partial charge in [0.15, 0.2) is 5.65 Å². The van der Waals surface area contributed by atoms with Crippen LogP contribution >= 0.6 is 0 Å². The molecular formula is C27H28N4. The molecule has 0 unspecified atom stereocenters. The molecule has 31 heavy (non-hydrogen) atoms. The molecule has 0 fully saturated rings. The molecule has 0 spiro atoms. The summed E-state index contributed by atoms with van der Waals surface area (Å²) in [7, 11) is 0. The zero-order chi connectivity index (χ0) is 21.9. The maximum atomic E-state index is 5.03. The van der Waals surface area contributed by atoms with Crippen molar-refractivity contribution in [2.45, 2.75) is 48.1 Å². The summed E-state index contributed by atoms with van der Waals surface area (Å²) >= 11 is 0. The van der Waals surface area contributed by atoms with Crippen LogP contribution < -0.4 is 0 Å². The summed E-state index contributed by atoms with van der Waals surface area (Å²) in [6.07, 6.45) is 2.16. The molecule has 0 radical (unpaired) electrons. The first kappa shape index (κ1) is 19.6. The van der Waals surface area contributed by atoms with Gasteiger partial charge in [-0.2, -0.15) is 9.61 Å². The van der Waals surface area contributed by atoms with Gasteiger partial charge in [0.25, 0.3) is 0 Å². The predicted molar refractivity (Wildman–Crippen MR) is 128 cm³/mol. The van der Waals surface area contributed by atoms with Crippen molar-refractivity contribution in [3.8, 4) is 11.1 Å². The summed E-state index contributed by atoms with van der Waals surface area (Å²) in [4.78, 5) is 5.03. The summed E-state index contributed by atoms with van der Waals surface area (Å²) in [6, 6.07) is 15.2. The van der Waals surface area contributed by atoms with Crippen molar-refractivity contribution < 1.29 is 0 Å². The minimum Gasteiger partial charge on any atom is -0.328 e. The van der Waals surface area contributed by atoms with E-state index < -0.39 is 0 Å². The third-order valence-corrected chi connectivity index (χ3v) is 6.36. The van der Waals surface area contributed by atoms with Crippen molar-refractivity contribution in [1.82, 2.24) is 19.2 Å². The zero-order valence-electron chi connectivity index (χ0n) is 19.1. The van der Waals surface area contributed by atoms with Crippen molar-refractivity contribution in [3.63, 3.8) is 0 Å². The second kappa shape index (κ2) is 7.09. The molecule has 0 aliphatic rings. The van der Waals surface area contributed by atoms with Crippen molar-refractivity contribution in [2.75, 3.05) is 0 Å². The monoisotopic (exact) mass is 408 g/mol. The van der Waals surface area contributed by atoms with E-state index in [2.05, 4.69) is 94.8 Å². The summed E-state index contributed by atoms with van der Waals surface area (Å²) in [6.45, 7) is 13.7. The highest BCUT2D eigenvalue weighted by Crippen LogP contribution is 2.35. The minimum absolute atomic E-state index is 0.811. The minimum atomic E-state index is 0.811. The van der Waals surface area contributed by atoms with Crippen LogP contribution in [0.15, 0.2) is 48.7 Å². The van der Waals surface area contributed by atoms with Crippen molar-refractivity contribution in [2.24, 2.45) is 0 Å². The van der Waals surface area contributed by atoms with Gasteiger partial charge in [0.2, 0.25) is 0 Å². The molecule has 0 N–H and O–H groups in total. The lowest BCUT2D eigenvalue weighted by Gasteiger charge is -2.12. The van der Waals surface area contributed by atoms with Gasteiger partial charge in [-0.05, 0) is 75.4 Å². The molecule has 0 atom stereocenters. The molecule has 0 amide bonds. The molecule has 4 heteroatoms. The fraction of sp³-hybridized carbons (Fsp3) is 0.259. The predicted octanol–water partition coefficient (Wildman–Crippen LogP) is 6.25. The maximum Gasteiger partial charge on any atom is 0.165 e. The Morgan fingerprint density at radius 1 is 0.774 bits per heavy atom. The highest BCUT2D eigenvalue weighted by Gasteiger charge is 2.21. The second-order valence-electron chi connectivity index (χ2n) is 8.77. The van der Waals surface area contributed by atoms with Crippen LogP contribution in [0.4, 0.5) is 0 Å². The van der Waals surface area contributed by atoms with Crippen LogP contribution in [0.1, 0.15) is 39.2 Å². The van der Waals surface area contributed by atoms with Crippen LogP contribution in [0.3, 0.4) is 0 Å². The summed E-state index contributed by atoms with van der Waals surface area (Å²) < 4.78 is 4.34. The van der Waals surface area contributed by atoms with Crippen LogP contribution in [0.2, 0.25) is 0 Å². The first-order valence-electron chi connectivity index (χ1n) is 10.8. The SMILES string of the molecule is Cc1cc(C)c(-c2c(C)nn3c2nc(C)c2ccn(Cc4ccccc4C)c23)c(C)c1. The Balaban J connectivity index is 1.80. The molecule has 0 saturated carbocycles. The Hall–Kier alpha value is -3.40. The summed E-state index contributed by atoms with van der Waals surface area (Å²) in [5.74, 6) is 0. The van der Waals surface area contributed by atoms with Crippen molar-refractivity contribution >= 4 is 16.7 Å². The lowest BCUT2D eigenvalue weighted by molar-refractivity contribution is 0.791. The molecule has 5 rings (SSSR count). The van der Waals surface area contributed by atoms with Gasteiger partial charge in [0.1, 0.15) is 5.65 Å². The number of rotatable bonds is 3. The van der Waals surface area contributed by atoms with Crippen LogP contribution in [-0.2, 0) is 6.54 Å². The normalized spacial score (nSPS) is 11.7. The molecule has 4 nitrogen and oxygen atoms in total. The van der Waals surface area contributed by atoms with Gasteiger partial charge >= 0.3 is 0 Å². The first-order valence-corrected chi connectivity index (χ1v) is 10.8. The third kappa shape index (κ3) is 3.05. The van der Waals surface area contributed by atoms with E-state index in [4.69, 9.17) is 10.1 Å². The van der Waals surface area contributed by atoms with E-state index in [1.54, 1.807) is 0 Å². The number of benzene rings is 2. The van der Waals surface area contributed by atoms with Gasteiger partial charge < -0.3 is 4.57 Å². The number of fused-ring (bicyclic) bond motifs is 3. The fourth-order valence-corrected chi connectivity index (χ4v) is 4.93.